The van der Waals surface area contributed by atoms with Gasteiger partial charge in [-0.25, -0.2) is 0 Å². The maximum Gasteiger partial charge on any atom is 0.0633 e. The summed E-state index contributed by atoms with van der Waals surface area (Å²) >= 11 is 11.3. The third-order valence-electron chi connectivity index (χ3n) is 3.69. The van der Waals surface area contributed by atoms with Crippen molar-refractivity contribution in [2.24, 2.45) is 5.41 Å². The quantitative estimate of drug-likeness (QED) is 0.728. The molecule has 1 aromatic heterocycles. The molecule has 98 valence electrons. The molecule has 18 heavy (non-hydrogen) atoms. The summed E-state index contributed by atoms with van der Waals surface area (Å²) in [6, 6.07) is 0. The first-order valence-corrected chi connectivity index (χ1v) is 7.00. The molecule has 1 saturated heterocycles. The molecule has 2 aliphatic rings. The van der Waals surface area contributed by atoms with Crippen LogP contribution in [0.15, 0.2) is 24.5 Å². The van der Waals surface area contributed by atoms with E-state index < -0.39 is 0 Å². The number of aromatic nitrogens is 1. The van der Waals surface area contributed by atoms with E-state index in [1.54, 1.807) is 12.4 Å². The predicted molar refractivity (Wildman–Crippen MR) is 77.3 cm³/mol. The zero-order chi connectivity index (χ0) is 13.0. The molecule has 3 rings (SSSR count). The monoisotopic (exact) mass is 284 g/mol. The lowest BCUT2D eigenvalue weighted by Gasteiger charge is -2.19. The minimum atomic E-state index is 0.613. The number of pyridine rings is 1. The molecule has 0 amide bonds. The van der Waals surface area contributed by atoms with E-state index in [0.29, 0.717) is 15.5 Å². The number of allylic oxidation sites excluding steroid dienone is 2. The van der Waals surface area contributed by atoms with E-state index >= 15 is 0 Å². The molecule has 1 aliphatic heterocycles. The van der Waals surface area contributed by atoms with Gasteiger partial charge < -0.3 is 5.32 Å². The Kier molecular flexibility index (Phi) is 4.66. The smallest absolute Gasteiger partial charge is 0.0633 e. The van der Waals surface area contributed by atoms with Crippen LogP contribution in [0.25, 0.3) is 0 Å². The van der Waals surface area contributed by atoms with Crippen molar-refractivity contribution in [3.05, 3.63) is 40.2 Å². The van der Waals surface area contributed by atoms with Crippen LogP contribution in [-0.4, -0.2) is 18.1 Å². The van der Waals surface area contributed by atoms with Crippen LogP contribution < -0.4 is 5.32 Å². The first-order valence-electron chi connectivity index (χ1n) is 6.24. The van der Waals surface area contributed by atoms with Crippen LogP contribution >= 0.6 is 23.2 Å². The largest absolute Gasteiger partial charge is 0.316 e. The van der Waals surface area contributed by atoms with E-state index in [4.69, 9.17) is 23.2 Å². The minimum absolute atomic E-state index is 0.613. The number of nitrogens with zero attached hydrogens (tertiary/aromatic N) is 1. The summed E-state index contributed by atoms with van der Waals surface area (Å²) < 4.78 is 0. The van der Waals surface area contributed by atoms with Crippen molar-refractivity contribution in [1.29, 1.82) is 0 Å². The summed E-state index contributed by atoms with van der Waals surface area (Å²) in [6.07, 6.45) is 11.8. The van der Waals surface area contributed by atoms with Gasteiger partial charge in [0.05, 0.1) is 10.0 Å². The summed E-state index contributed by atoms with van der Waals surface area (Å²) in [5.41, 5.74) is 1.55. The van der Waals surface area contributed by atoms with Crippen LogP contribution in [0.1, 0.15) is 24.8 Å². The zero-order valence-electron chi connectivity index (χ0n) is 10.5. The second-order valence-electron chi connectivity index (χ2n) is 5.03. The normalized spacial score (nSPS) is 19.9. The van der Waals surface area contributed by atoms with Crippen LogP contribution in [-0.2, 0) is 0 Å². The molecule has 2 nitrogen and oxygen atoms in total. The van der Waals surface area contributed by atoms with E-state index in [-0.39, 0.29) is 0 Å². The van der Waals surface area contributed by atoms with Gasteiger partial charge >= 0.3 is 0 Å². The Morgan fingerprint density at radius 1 is 1.17 bits per heavy atom. The third kappa shape index (κ3) is 3.25. The molecular formula is C14H18Cl2N2. The summed E-state index contributed by atoms with van der Waals surface area (Å²) in [5.74, 6) is 0. The van der Waals surface area contributed by atoms with Crippen molar-refractivity contribution in [3.63, 3.8) is 0 Å². The predicted octanol–water partition coefficient (Wildman–Crippen LogP) is 4.01. The molecule has 1 aliphatic carbocycles. The maximum absolute atomic E-state index is 5.67. The Labute approximate surface area is 118 Å². The van der Waals surface area contributed by atoms with Gasteiger partial charge in [-0.05, 0) is 43.7 Å². The zero-order valence-corrected chi connectivity index (χ0v) is 12.1. The summed E-state index contributed by atoms with van der Waals surface area (Å²) in [4.78, 5) is 3.78. The molecule has 1 N–H and O–H groups in total. The number of hydrogen-bond acceptors (Lipinski definition) is 2. The van der Waals surface area contributed by atoms with Gasteiger partial charge in [-0.1, -0.05) is 35.4 Å². The lowest BCUT2D eigenvalue weighted by molar-refractivity contribution is 0.351. The molecule has 0 unspecified atom stereocenters. The van der Waals surface area contributed by atoms with E-state index in [2.05, 4.69) is 22.5 Å². The lowest BCUT2D eigenvalue weighted by Crippen LogP contribution is -2.19. The van der Waals surface area contributed by atoms with Gasteiger partial charge in [-0.3, -0.25) is 4.98 Å². The average molecular weight is 285 g/mol. The van der Waals surface area contributed by atoms with Crippen LogP contribution in [0.4, 0.5) is 0 Å². The fraction of sp³-hybridized carbons (Fsp3) is 0.500. The van der Waals surface area contributed by atoms with Crippen molar-refractivity contribution in [2.75, 3.05) is 13.1 Å². The molecule has 1 aromatic rings. The van der Waals surface area contributed by atoms with Crippen molar-refractivity contribution in [3.8, 4) is 0 Å². The summed E-state index contributed by atoms with van der Waals surface area (Å²) in [6.45, 7) is 4.34. The number of hydrogen-bond donors (Lipinski definition) is 1. The van der Waals surface area contributed by atoms with Crippen LogP contribution in [0.3, 0.4) is 0 Å². The summed E-state index contributed by atoms with van der Waals surface area (Å²) in [5, 5.41) is 4.64. The third-order valence-corrected chi connectivity index (χ3v) is 4.45. The Balaban J connectivity index is 0.000000134. The SMILES string of the molecule is C1=CCC2(C1)CCNC2.Cc1c(Cl)cncc1Cl. The van der Waals surface area contributed by atoms with Crippen LogP contribution in [0, 0.1) is 12.3 Å². The molecule has 0 aromatic carbocycles. The van der Waals surface area contributed by atoms with Crippen molar-refractivity contribution in [2.45, 2.75) is 26.2 Å². The second kappa shape index (κ2) is 6.05. The van der Waals surface area contributed by atoms with E-state index in [1.165, 1.54) is 32.4 Å². The van der Waals surface area contributed by atoms with Crippen molar-refractivity contribution in [1.82, 2.24) is 10.3 Å². The van der Waals surface area contributed by atoms with Gasteiger partial charge in [0.2, 0.25) is 0 Å². The van der Waals surface area contributed by atoms with Gasteiger partial charge in [0, 0.05) is 18.9 Å². The van der Waals surface area contributed by atoms with Gasteiger partial charge in [0.1, 0.15) is 0 Å². The second-order valence-corrected chi connectivity index (χ2v) is 5.85. The highest BCUT2D eigenvalue weighted by atomic mass is 35.5. The molecule has 2 heterocycles. The highest BCUT2D eigenvalue weighted by molar-refractivity contribution is 6.35. The number of nitrogens with one attached hydrogen (secondary N) is 1. The standard InChI is InChI=1S/C8H13N.C6H5Cl2N/c1-2-4-8(3-1)5-6-9-7-8;1-4-5(7)2-9-3-6(4)8/h1-2,9H,3-7H2;2-3H,1H3. The minimum Gasteiger partial charge on any atom is -0.316 e. The summed E-state index contributed by atoms with van der Waals surface area (Å²) in [7, 11) is 0. The van der Waals surface area contributed by atoms with Gasteiger partial charge in [-0.15, -0.1) is 0 Å². The molecule has 0 saturated carbocycles. The van der Waals surface area contributed by atoms with Crippen molar-refractivity contribution < 1.29 is 0 Å². The molecule has 0 atom stereocenters. The fourth-order valence-electron chi connectivity index (χ4n) is 2.37. The van der Waals surface area contributed by atoms with Crippen molar-refractivity contribution >= 4 is 23.2 Å². The highest BCUT2D eigenvalue weighted by Gasteiger charge is 2.33. The van der Waals surface area contributed by atoms with Gasteiger partial charge in [0.25, 0.3) is 0 Å². The Morgan fingerprint density at radius 3 is 2.22 bits per heavy atom. The average Bonchev–Trinajstić information content (AvgIpc) is 3.01. The van der Waals surface area contributed by atoms with Gasteiger partial charge in [0.15, 0.2) is 0 Å². The van der Waals surface area contributed by atoms with Gasteiger partial charge in [-0.2, -0.15) is 0 Å². The van der Waals surface area contributed by atoms with E-state index in [1.807, 2.05) is 6.92 Å². The molecule has 0 bridgehead atoms. The van der Waals surface area contributed by atoms with E-state index in [9.17, 15) is 0 Å². The molecule has 1 spiro atoms. The lowest BCUT2D eigenvalue weighted by atomic mass is 9.85. The number of halogens is 2. The Bertz CT molecular complexity index is 407. The molecule has 4 heteroatoms. The number of rotatable bonds is 0. The molecular weight excluding hydrogens is 267 g/mol. The first kappa shape index (κ1) is 13.9. The maximum atomic E-state index is 5.67. The topological polar surface area (TPSA) is 24.9 Å². The van der Waals surface area contributed by atoms with Crippen LogP contribution in [0.5, 0.6) is 0 Å². The van der Waals surface area contributed by atoms with E-state index in [0.717, 1.165) is 5.56 Å². The van der Waals surface area contributed by atoms with Crippen LogP contribution in [0.2, 0.25) is 10.0 Å². The molecule has 1 fully saturated rings. The Hall–Kier alpha value is -0.570. The Morgan fingerprint density at radius 2 is 1.78 bits per heavy atom. The molecule has 0 radical (unpaired) electrons. The fourth-order valence-corrected chi connectivity index (χ4v) is 2.73. The highest BCUT2D eigenvalue weighted by Crippen LogP contribution is 2.38. The first-order chi connectivity index (χ1) is 8.63.